The second kappa shape index (κ2) is 12.1. The summed E-state index contributed by atoms with van der Waals surface area (Å²) in [6, 6.07) is 21.4. The molecular weight excluding hydrogens is 493 g/mol. The van der Waals surface area contributed by atoms with Gasteiger partial charge in [0.15, 0.2) is 0 Å². The van der Waals surface area contributed by atoms with Crippen LogP contribution in [0.2, 0.25) is 0 Å². The maximum atomic E-state index is 13.9. The Kier molecular flexibility index (Phi) is 8.36. The van der Waals surface area contributed by atoms with Gasteiger partial charge in [-0.25, -0.2) is 4.39 Å². The lowest BCUT2D eigenvalue weighted by Crippen LogP contribution is -2.45. The van der Waals surface area contributed by atoms with E-state index in [0.717, 1.165) is 38.8 Å². The van der Waals surface area contributed by atoms with Crippen LogP contribution in [0.3, 0.4) is 0 Å². The van der Waals surface area contributed by atoms with Crippen molar-refractivity contribution < 1.29 is 14.1 Å². The Labute approximate surface area is 229 Å². The summed E-state index contributed by atoms with van der Waals surface area (Å²) in [5.41, 5.74) is 3.85. The van der Waals surface area contributed by atoms with E-state index in [4.69, 9.17) is 0 Å². The molecule has 1 aliphatic carbocycles. The summed E-state index contributed by atoms with van der Waals surface area (Å²) in [5.74, 6) is -0.0272. The van der Waals surface area contributed by atoms with Crippen molar-refractivity contribution in [2.45, 2.75) is 57.5 Å². The highest BCUT2D eigenvalue weighted by Gasteiger charge is 2.38. The fraction of sp³-hybridized carbons (Fsp3) is 0.406. The van der Waals surface area contributed by atoms with Gasteiger partial charge in [0.05, 0.1) is 4.92 Å². The van der Waals surface area contributed by atoms with Crippen LogP contribution in [0, 0.1) is 28.8 Å². The molecule has 0 radical (unpaired) electrons. The fourth-order valence-electron chi connectivity index (χ4n) is 6.49. The highest BCUT2D eigenvalue weighted by Crippen LogP contribution is 2.38. The quantitative estimate of drug-likeness (QED) is 0.240. The molecule has 5 rings (SSSR count). The van der Waals surface area contributed by atoms with Crippen molar-refractivity contribution in [1.29, 1.82) is 0 Å². The third-order valence-electron chi connectivity index (χ3n) is 8.49. The minimum absolute atomic E-state index is 0.0393. The number of halogens is 1. The number of hydrogen-bond acceptors (Lipinski definition) is 4. The number of nitro benzene ring substituents is 1. The van der Waals surface area contributed by atoms with Crippen molar-refractivity contribution in [3.63, 3.8) is 0 Å². The predicted molar refractivity (Wildman–Crippen MR) is 150 cm³/mol. The molecule has 1 heterocycles. The number of para-hydroxylation sites is 1. The van der Waals surface area contributed by atoms with E-state index < -0.39 is 0 Å². The lowest BCUT2D eigenvalue weighted by Gasteiger charge is -2.37. The average molecular weight is 530 g/mol. The zero-order valence-corrected chi connectivity index (χ0v) is 22.5. The number of nitro groups is 1. The first-order chi connectivity index (χ1) is 18.9. The van der Waals surface area contributed by atoms with Crippen molar-refractivity contribution in [2.75, 3.05) is 19.6 Å². The molecule has 0 N–H and O–H groups in total. The van der Waals surface area contributed by atoms with Crippen LogP contribution in [-0.4, -0.2) is 46.3 Å². The highest BCUT2D eigenvalue weighted by atomic mass is 19.1. The van der Waals surface area contributed by atoms with Crippen LogP contribution in [0.4, 0.5) is 10.1 Å². The monoisotopic (exact) mass is 529 g/mol. The first-order valence-corrected chi connectivity index (χ1v) is 14.0. The number of hydrogen-bond donors (Lipinski definition) is 0. The fourth-order valence-corrected chi connectivity index (χ4v) is 6.49. The molecule has 0 aromatic heterocycles. The Hall–Kier alpha value is -3.58. The van der Waals surface area contributed by atoms with E-state index >= 15 is 0 Å². The molecule has 204 valence electrons. The molecule has 7 heteroatoms. The van der Waals surface area contributed by atoms with Crippen molar-refractivity contribution in [1.82, 2.24) is 9.80 Å². The lowest BCUT2D eigenvalue weighted by molar-refractivity contribution is -0.385. The number of rotatable bonds is 8. The molecule has 3 aromatic rings. The van der Waals surface area contributed by atoms with Crippen LogP contribution in [0.25, 0.3) is 0 Å². The minimum Gasteiger partial charge on any atom is -0.335 e. The molecule has 6 nitrogen and oxygen atoms in total. The molecule has 2 fully saturated rings. The molecule has 0 bridgehead atoms. The van der Waals surface area contributed by atoms with Gasteiger partial charge in [-0.05, 0) is 61.1 Å². The Morgan fingerprint density at radius 3 is 2.38 bits per heavy atom. The predicted octanol–water partition coefficient (Wildman–Crippen LogP) is 6.73. The Balaban J connectivity index is 1.45. The molecule has 1 amide bonds. The van der Waals surface area contributed by atoms with E-state index in [9.17, 15) is 19.3 Å². The lowest BCUT2D eigenvalue weighted by atomic mass is 9.85. The maximum Gasteiger partial charge on any atom is 0.273 e. The van der Waals surface area contributed by atoms with Crippen molar-refractivity contribution in [3.8, 4) is 0 Å². The van der Waals surface area contributed by atoms with Crippen LogP contribution in [0.15, 0.2) is 72.8 Å². The molecule has 0 spiro atoms. The van der Waals surface area contributed by atoms with Gasteiger partial charge in [0.25, 0.3) is 11.6 Å². The van der Waals surface area contributed by atoms with Gasteiger partial charge >= 0.3 is 0 Å². The Bertz CT molecular complexity index is 1310. The van der Waals surface area contributed by atoms with Crippen LogP contribution >= 0.6 is 0 Å². The third-order valence-corrected chi connectivity index (χ3v) is 8.49. The zero-order chi connectivity index (χ0) is 27.4. The molecule has 39 heavy (non-hydrogen) atoms. The molecule has 1 saturated carbocycles. The summed E-state index contributed by atoms with van der Waals surface area (Å²) in [4.78, 5) is 29.6. The SMILES string of the molecule is Cc1ccccc1[C@@H]1CN(Cc2ccccc2[N+](=O)[O-])C[C@@H]1CN(C(=O)c1ccc(F)cc1)C1CCCCC1. The summed E-state index contributed by atoms with van der Waals surface area (Å²) < 4.78 is 13.6. The van der Waals surface area contributed by atoms with Gasteiger partial charge in [-0.1, -0.05) is 61.7 Å². The first kappa shape index (κ1) is 27.0. The first-order valence-electron chi connectivity index (χ1n) is 14.0. The minimum atomic E-state index is -0.350. The molecule has 3 aromatic carbocycles. The van der Waals surface area contributed by atoms with Gasteiger partial charge in [0.2, 0.25) is 0 Å². The topological polar surface area (TPSA) is 66.7 Å². The largest absolute Gasteiger partial charge is 0.335 e. The van der Waals surface area contributed by atoms with E-state index in [2.05, 4.69) is 34.9 Å². The van der Waals surface area contributed by atoms with Gasteiger partial charge < -0.3 is 4.90 Å². The van der Waals surface area contributed by atoms with Crippen molar-refractivity contribution in [3.05, 3.63) is 111 Å². The molecular formula is C32H36FN3O3. The summed E-state index contributed by atoms with van der Waals surface area (Å²) in [7, 11) is 0. The number of likely N-dealkylation sites (tertiary alicyclic amines) is 1. The van der Waals surface area contributed by atoms with Crippen LogP contribution < -0.4 is 0 Å². The summed E-state index contributed by atoms with van der Waals surface area (Å²) in [5, 5.41) is 11.7. The zero-order valence-electron chi connectivity index (χ0n) is 22.5. The van der Waals surface area contributed by atoms with Gasteiger partial charge in [0.1, 0.15) is 5.82 Å². The number of amides is 1. The van der Waals surface area contributed by atoms with Crippen LogP contribution in [-0.2, 0) is 6.54 Å². The van der Waals surface area contributed by atoms with E-state index in [1.807, 2.05) is 18.2 Å². The van der Waals surface area contributed by atoms with E-state index in [1.54, 1.807) is 24.3 Å². The van der Waals surface area contributed by atoms with Crippen molar-refractivity contribution >= 4 is 11.6 Å². The molecule has 1 saturated heterocycles. The van der Waals surface area contributed by atoms with E-state index in [1.165, 1.54) is 29.7 Å². The van der Waals surface area contributed by atoms with Gasteiger partial charge in [-0.15, -0.1) is 0 Å². The molecule has 2 aliphatic rings. The highest BCUT2D eigenvalue weighted by molar-refractivity contribution is 5.94. The molecule has 2 atom stereocenters. The molecule has 1 aliphatic heterocycles. The number of nitrogens with zero attached hydrogens (tertiary/aromatic N) is 3. The van der Waals surface area contributed by atoms with Crippen LogP contribution in [0.1, 0.15) is 65.1 Å². The summed E-state index contributed by atoms with van der Waals surface area (Å²) >= 11 is 0. The number of carbonyl (C=O) groups excluding carboxylic acids is 1. The smallest absolute Gasteiger partial charge is 0.273 e. The number of carbonyl (C=O) groups is 1. The average Bonchev–Trinajstić information content (AvgIpc) is 3.34. The molecule has 0 unspecified atom stereocenters. The Morgan fingerprint density at radius 1 is 0.974 bits per heavy atom. The third kappa shape index (κ3) is 6.19. The van der Waals surface area contributed by atoms with Gasteiger partial charge in [0, 0.05) is 55.3 Å². The standard InChI is InChI=1S/C32H36FN3O3/c1-23-9-5-7-13-29(23)30-22-34(19-25-10-6-8-14-31(25)36(38)39)20-26(30)21-35(28-11-3-2-4-12-28)32(37)24-15-17-27(33)18-16-24/h5-10,13-18,26,28,30H,2-4,11-12,19-22H2,1H3/t26-,30-/m1/s1. The van der Waals surface area contributed by atoms with Crippen molar-refractivity contribution in [2.24, 2.45) is 5.92 Å². The van der Waals surface area contributed by atoms with Gasteiger partial charge in [-0.2, -0.15) is 0 Å². The number of benzene rings is 3. The van der Waals surface area contributed by atoms with E-state index in [-0.39, 0.29) is 40.2 Å². The normalized spacial score (nSPS) is 20.2. The maximum absolute atomic E-state index is 13.9. The second-order valence-corrected chi connectivity index (χ2v) is 11.1. The van der Waals surface area contributed by atoms with E-state index in [0.29, 0.717) is 24.2 Å². The van der Waals surface area contributed by atoms with Gasteiger partial charge in [-0.3, -0.25) is 19.8 Å². The Morgan fingerprint density at radius 2 is 1.67 bits per heavy atom. The van der Waals surface area contributed by atoms with Crippen LogP contribution in [0.5, 0.6) is 0 Å². The summed E-state index contributed by atoms with van der Waals surface area (Å²) in [6.07, 6.45) is 5.36. The second-order valence-electron chi connectivity index (χ2n) is 11.1. The summed E-state index contributed by atoms with van der Waals surface area (Å²) in [6.45, 7) is 4.73. The number of aryl methyl sites for hydroxylation is 1.